The maximum absolute atomic E-state index is 5.50. The SMILES string of the molecule is Cn1ccn(CN2CCc3sccc3[C@@H]2c2cccs2)c1=S. The summed E-state index contributed by atoms with van der Waals surface area (Å²) in [5.74, 6) is 0. The molecule has 3 aromatic rings. The lowest BCUT2D eigenvalue weighted by atomic mass is 9.99. The van der Waals surface area contributed by atoms with Gasteiger partial charge in [-0.15, -0.1) is 22.7 Å². The van der Waals surface area contributed by atoms with E-state index in [4.69, 9.17) is 12.2 Å². The lowest BCUT2D eigenvalue weighted by Gasteiger charge is -2.35. The standard InChI is InChI=1S/C16H17N3S3/c1-17-7-8-19(16(17)20)11-18-6-4-13-12(5-10-22-13)15(18)14-3-2-9-21-14/h2-3,5,7-10,15H,4,6,11H2,1H3/t15-/m1/s1. The lowest BCUT2D eigenvalue weighted by Crippen LogP contribution is -2.36. The van der Waals surface area contributed by atoms with Gasteiger partial charge in [-0.1, -0.05) is 6.07 Å². The van der Waals surface area contributed by atoms with Gasteiger partial charge in [0.1, 0.15) is 0 Å². The third-order valence-electron chi connectivity index (χ3n) is 4.23. The first-order chi connectivity index (χ1) is 10.7. The molecule has 0 unspecified atom stereocenters. The van der Waals surface area contributed by atoms with Crippen molar-refractivity contribution in [3.8, 4) is 0 Å². The van der Waals surface area contributed by atoms with Gasteiger partial charge in [0, 0.05) is 35.7 Å². The molecule has 22 heavy (non-hydrogen) atoms. The fourth-order valence-electron chi connectivity index (χ4n) is 3.11. The van der Waals surface area contributed by atoms with Crippen molar-refractivity contribution in [2.45, 2.75) is 19.1 Å². The molecule has 0 radical (unpaired) electrons. The molecule has 0 fully saturated rings. The van der Waals surface area contributed by atoms with Crippen LogP contribution in [0.25, 0.3) is 0 Å². The number of nitrogens with zero attached hydrogens (tertiary/aromatic N) is 3. The normalized spacial score (nSPS) is 18.5. The molecule has 4 heterocycles. The van der Waals surface area contributed by atoms with Crippen molar-refractivity contribution in [2.75, 3.05) is 6.54 Å². The third-order valence-corrected chi connectivity index (χ3v) is 6.67. The van der Waals surface area contributed by atoms with Crippen LogP contribution in [0.4, 0.5) is 0 Å². The van der Waals surface area contributed by atoms with Crippen LogP contribution in [0, 0.1) is 4.77 Å². The Kier molecular flexibility index (Phi) is 3.78. The summed E-state index contributed by atoms with van der Waals surface area (Å²) in [4.78, 5) is 5.49. The Balaban J connectivity index is 1.72. The van der Waals surface area contributed by atoms with Crippen LogP contribution in [0.15, 0.2) is 41.4 Å². The van der Waals surface area contributed by atoms with E-state index in [1.165, 1.54) is 15.3 Å². The highest BCUT2D eigenvalue weighted by Crippen LogP contribution is 2.39. The first-order valence-electron chi connectivity index (χ1n) is 7.29. The fourth-order valence-corrected chi connectivity index (χ4v) is 5.07. The number of rotatable bonds is 3. The molecule has 1 aliphatic rings. The number of hydrogen-bond acceptors (Lipinski definition) is 4. The number of aromatic nitrogens is 2. The zero-order chi connectivity index (χ0) is 15.1. The van der Waals surface area contributed by atoms with Gasteiger partial charge in [0.25, 0.3) is 0 Å². The van der Waals surface area contributed by atoms with E-state index in [1.807, 2.05) is 40.5 Å². The molecule has 3 aromatic heterocycles. The average Bonchev–Trinajstić information content (AvgIpc) is 3.25. The summed E-state index contributed by atoms with van der Waals surface area (Å²) < 4.78 is 5.03. The number of imidazole rings is 1. The Labute approximate surface area is 143 Å². The number of hydrogen-bond donors (Lipinski definition) is 0. The van der Waals surface area contributed by atoms with E-state index in [9.17, 15) is 0 Å². The zero-order valence-corrected chi connectivity index (χ0v) is 14.8. The van der Waals surface area contributed by atoms with Crippen LogP contribution in [0.2, 0.25) is 0 Å². The summed E-state index contributed by atoms with van der Waals surface area (Å²) in [5.41, 5.74) is 1.47. The highest BCUT2D eigenvalue weighted by atomic mass is 32.1. The van der Waals surface area contributed by atoms with Crippen molar-refractivity contribution in [2.24, 2.45) is 7.05 Å². The average molecular weight is 348 g/mol. The largest absolute Gasteiger partial charge is 0.327 e. The Hall–Kier alpha value is -1.21. The molecule has 3 nitrogen and oxygen atoms in total. The van der Waals surface area contributed by atoms with E-state index in [0.717, 1.165) is 24.4 Å². The summed E-state index contributed by atoms with van der Waals surface area (Å²) >= 11 is 9.23. The molecule has 0 N–H and O–H groups in total. The Morgan fingerprint density at radius 1 is 1.23 bits per heavy atom. The molecule has 0 aliphatic carbocycles. The van der Waals surface area contributed by atoms with Gasteiger partial charge in [-0.2, -0.15) is 0 Å². The maximum Gasteiger partial charge on any atom is 0.180 e. The van der Waals surface area contributed by atoms with Crippen molar-refractivity contribution >= 4 is 34.9 Å². The monoisotopic (exact) mass is 347 g/mol. The summed E-state index contributed by atoms with van der Waals surface area (Å²) in [5, 5.41) is 4.39. The van der Waals surface area contributed by atoms with Gasteiger partial charge >= 0.3 is 0 Å². The second-order valence-corrected chi connectivity index (χ2v) is 7.93. The molecular weight excluding hydrogens is 330 g/mol. The first kappa shape index (κ1) is 14.4. The van der Waals surface area contributed by atoms with Crippen LogP contribution >= 0.6 is 34.9 Å². The van der Waals surface area contributed by atoms with Gasteiger partial charge in [-0.3, -0.25) is 4.90 Å². The van der Waals surface area contributed by atoms with E-state index in [0.29, 0.717) is 6.04 Å². The third kappa shape index (κ3) is 2.40. The van der Waals surface area contributed by atoms with Gasteiger partial charge in [0.15, 0.2) is 4.77 Å². The van der Waals surface area contributed by atoms with Crippen LogP contribution in [0.5, 0.6) is 0 Å². The van der Waals surface area contributed by atoms with Gasteiger partial charge in [0.05, 0.1) is 12.7 Å². The number of aryl methyl sites for hydroxylation is 1. The predicted octanol–water partition coefficient (Wildman–Crippen LogP) is 4.28. The summed E-state index contributed by atoms with van der Waals surface area (Å²) in [6.45, 7) is 1.92. The van der Waals surface area contributed by atoms with E-state index < -0.39 is 0 Å². The lowest BCUT2D eigenvalue weighted by molar-refractivity contribution is 0.167. The van der Waals surface area contributed by atoms with Crippen molar-refractivity contribution in [3.63, 3.8) is 0 Å². The second-order valence-electron chi connectivity index (χ2n) is 5.58. The van der Waals surface area contributed by atoms with Crippen LogP contribution in [0.3, 0.4) is 0 Å². The molecular formula is C16H17N3S3. The number of fused-ring (bicyclic) bond motifs is 1. The number of thiophene rings is 2. The van der Waals surface area contributed by atoms with Crippen molar-refractivity contribution in [3.05, 3.63) is 61.4 Å². The van der Waals surface area contributed by atoms with E-state index >= 15 is 0 Å². The van der Waals surface area contributed by atoms with E-state index in [-0.39, 0.29) is 0 Å². The molecule has 6 heteroatoms. The predicted molar refractivity (Wildman–Crippen MR) is 95.1 cm³/mol. The topological polar surface area (TPSA) is 13.1 Å². The highest BCUT2D eigenvalue weighted by molar-refractivity contribution is 7.71. The molecule has 4 rings (SSSR count). The fraction of sp³-hybridized carbons (Fsp3) is 0.312. The molecule has 1 atom stereocenters. The minimum Gasteiger partial charge on any atom is -0.327 e. The summed E-state index contributed by atoms with van der Waals surface area (Å²) in [6.07, 6.45) is 5.24. The summed E-state index contributed by atoms with van der Waals surface area (Å²) in [7, 11) is 2.00. The van der Waals surface area contributed by atoms with Gasteiger partial charge in [-0.05, 0) is 47.1 Å². The first-order valence-corrected chi connectivity index (χ1v) is 9.46. The smallest absolute Gasteiger partial charge is 0.180 e. The maximum atomic E-state index is 5.50. The van der Waals surface area contributed by atoms with Crippen LogP contribution < -0.4 is 0 Å². The minimum absolute atomic E-state index is 0.358. The minimum atomic E-state index is 0.358. The van der Waals surface area contributed by atoms with E-state index in [2.05, 4.69) is 44.6 Å². The van der Waals surface area contributed by atoms with Gasteiger partial charge in [0.2, 0.25) is 0 Å². The van der Waals surface area contributed by atoms with Crippen LogP contribution in [-0.4, -0.2) is 20.6 Å². The Morgan fingerprint density at radius 3 is 2.86 bits per heavy atom. The molecule has 0 saturated heterocycles. The highest BCUT2D eigenvalue weighted by Gasteiger charge is 2.30. The Bertz CT molecular complexity index is 825. The van der Waals surface area contributed by atoms with E-state index in [1.54, 1.807) is 0 Å². The molecule has 0 aromatic carbocycles. The zero-order valence-electron chi connectivity index (χ0n) is 12.3. The molecule has 0 saturated carbocycles. The molecule has 0 spiro atoms. The molecule has 114 valence electrons. The van der Waals surface area contributed by atoms with Crippen LogP contribution in [-0.2, 0) is 20.1 Å². The molecule has 0 amide bonds. The quantitative estimate of drug-likeness (QED) is 0.656. The van der Waals surface area contributed by atoms with Crippen molar-refractivity contribution in [1.29, 1.82) is 0 Å². The molecule has 0 bridgehead atoms. The second kappa shape index (κ2) is 5.77. The van der Waals surface area contributed by atoms with Gasteiger partial charge in [-0.25, -0.2) is 0 Å². The molecule has 1 aliphatic heterocycles. The Morgan fingerprint density at radius 2 is 2.14 bits per heavy atom. The van der Waals surface area contributed by atoms with Crippen molar-refractivity contribution < 1.29 is 0 Å². The van der Waals surface area contributed by atoms with Crippen molar-refractivity contribution in [1.82, 2.24) is 14.0 Å². The van der Waals surface area contributed by atoms with Crippen LogP contribution in [0.1, 0.15) is 21.4 Å². The summed E-state index contributed by atoms with van der Waals surface area (Å²) in [6, 6.07) is 7.05. The van der Waals surface area contributed by atoms with Gasteiger partial charge < -0.3 is 9.13 Å².